The van der Waals surface area contributed by atoms with Crippen molar-refractivity contribution in [1.82, 2.24) is 25.1 Å². The van der Waals surface area contributed by atoms with Crippen LogP contribution in [-0.2, 0) is 11.3 Å². The van der Waals surface area contributed by atoms with E-state index in [4.69, 9.17) is 10.5 Å². The summed E-state index contributed by atoms with van der Waals surface area (Å²) in [6.45, 7) is 6.03. The first-order valence-electron chi connectivity index (χ1n) is 14.4. The fourth-order valence-electron chi connectivity index (χ4n) is 5.65. The largest absolute Gasteiger partial charge is 0.395 e. The maximum atomic E-state index is 15.3. The molecule has 4 heterocycles. The number of halogens is 2. The number of anilines is 3. The molecule has 1 aromatic carbocycles. The Morgan fingerprint density at radius 3 is 2.58 bits per heavy atom. The van der Waals surface area contributed by atoms with Crippen LogP contribution in [0.3, 0.4) is 0 Å². The molecule has 0 aliphatic carbocycles. The Morgan fingerprint density at radius 2 is 1.90 bits per heavy atom. The number of aliphatic hydroxyl groups is 1. The molecule has 0 saturated carbocycles. The van der Waals surface area contributed by atoms with Gasteiger partial charge < -0.3 is 30.7 Å². The van der Waals surface area contributed by atoms with Gasteiger partial charge in [0.05, 0.1) is 26.0 Å². The second-order valence-corrected chi connectivity index (χ2v) is 10.8. The summed E-state index contributed by atoms with van der Waals surface area (Å²) < 4.78 is 37.6. The maximum absolute atomic E-state index is 15.3. The Morgan fingerprint density at radius 1 is 1.12 bits per heavy atom. The molecule has 0 amide bonds. The fourth-order valence-corrected chi connectivity index (χ4v) is 5.65. The van der Waals surface area contributed by atoms with Crippen LogP contribution < -0.4 is 20.9 Å². The molecule has 40 heavy (non-hydrogen) atoms. The molecule has 0 radical (unpaired) electrons. The number of nitrogens with two attached hydrogens (primary N) is 1. The third-order valence-electron chi connectivity index (χ3n) is 7.80. The van der Waals surface area contributed by atoms with Crippen LogP contribution in [0, 0.1) is 11.6 Å². The molecule has 5 rings (SSSR count). The molecular weight excluding hydrogens is 518 g/mol. The van der Waals surface area contributed by atoms with Gasteiger partial charge in [0, 0.05) is 56.1 Å². The summed E-state index contributed by atoms with van der Waals surface area (Å²) in [6, 6.07) is 3.62. The van der Waals surface area contributed by atoms with Crippen LogP contribution in [0.25, 0.3) is 11.0 Å². The van der Waals surface area contributed by atoms with Gasteiger partial charge in [-0.25, -0.2) is 13.8 Å². The number of nitrogens with zero attached hydrogens (tertiary/aromatic N) is 6. The van der Waals surface area contributed by atoms with E-state index in [1.165, 1.54) is 16.8 Å². The number of nitrogens with one attached hydrogen (secondary N) is 1. The zero-order chi connectivity index (χ0) is 28.1. The lowest BCUT2D eigenvalue weighted by molar-refractivity contribution is 0.0650. The lowest BCUT2D eigenvalue weighted by Crippen LogP contribution is -2.48. The van der Waals surface area contributed by atoms with Crippen molar-refractivity contribution >= 4 is 28.5 Å². The summed E-state index contributed by atoms with van der Waals surface area (Å²) >= 11 is 0. The lowest BCUT2D eigenvalue weighted by atomic mass is 10.0. The molecule has 2 saturated heterocycles. The van der Waals surface area contributed by atoms with Gasteiger partial charge in [-0.15, -0.1) is 0 Å². The van der Waals surface area contributed by atoms with Crippen LogP contribution in [-0.4, -0.2) is 82.9 Å². The zero-order valence-electron chi connectivity index (χ0n) is 23.2. The minimum absolute atomic E-state index is 0.0533. The predicted molar refractivity (Wildman–Crippen MR) is 152 cm³/mol. The number of hydrogen-bond acceptors (Lipinski definition) is 9. The van der Waals surface area contributed by atoms with Gasteiger partial charge in [-0.3, -0.25) is 4.68 Å². The number of rotatable bonds is 11. The number of nitrogen functional groups attached to an aromatic ring is 1. The molecule has 2 aromatic heterocycles. The Bertz CT molecular complexity index is 1250. The van der Waals surface area contributed by atoms with Gasteiger partial charge in [0.25, 0.3) is 0 Å². The SMILES string of the molecule is CCCCN(CCO)c1nc(N)nc2cn(Cc3c(F)cc(N4CCC(N[C@@H]5CCCOC5)CC4)cc3F)nc12. The minimum atomic E-state index is -0.607. The van der Waals surface area contributed by atoms with E-state index in [1.807, 2.05) is 9.80 Å². The normalized spacial score (nSPS) is 18.5. The van der Waals surface area contributed by atoms with E-state index in [1.54, 1.807) is 6.20 Å². The molecule has 12 heteroatoms. The first-order chi connectivity index (χ1) is 19.4. The van der Waals surface area contributed by atoms with Gasteiger partial charge in [-0.05, 0) is 44.2 Å². The first-order valence-corrected chi connectivity index (χ1v) is 14.4. The Balaban J connectivity index is 1.29. The molecule has 2 aliphatic rings. The summed E-state index contributed by atoms with van der Waals surface area (Å²) in [4.78, 5) is 12.6. The number of hydrogen-bond donors (Lipinski definition) is 3. The monoisotopic (exact) mass is 558 g/mol. The molecule has 1 atom stereocenters. The third-order valence-corrected chi connectivity index (χ3v) is 7.80. The van der Waals surface area contributed by atoms with Crippen molar-refractivity contribution in [2.45, 2.75) is 64.1 Å². The summed E-state index contributed by atoms with van der Waals surface area (Å²) in [5, 5.41) is 17.8. The number of aromatic nitrogens is 4. The van der Waals surface area contributed by atoms with Crippen LogP contribution in [0.15, 0.2) is 18.3 Å². The molecule has 0 unspecified atom stereocenters. The summed E-state index contributed by atoms with van der Waals surface area (Å²) in [7, 11) is 0. The lowest BCUT2D eigenvalue weighted by Gasteiger charge is -2.36. The first kappa shape index (κ1) is 28.4. The van der Waals surface area contributed by atoms with Crippen LogP contribution >= 0.6 is 0 Å². The van der Waals surface area contributed by atoms with Crippen LogP contribution in [0.1, 0.15) is 51.0 Å². The highest BCUT2D eigenvalue weighted by atomic mass is 19.1. The van der Waals surface area contributed by atoms with Crippen molar-refractivity contribution in [1.29, 1.82) is 0 Å². The standard InChI is InChI=1S/C28H40F2N8O2/c1-2-3-8-37(11-12-39)27-26-25(33-28(31)34-27)17-38(35-26)16-22-23(29)14-21(15-24(22)30)36-9-6-19(7-10-36)32-20-5-4-13-40-18-20/h14-15,17,19-20,32,39H,2-13,16,18H2,1H3,(H2,31,33)/t20-/m1/s1. The number of aliphatic hydroxyl groups excluding tert-OH is 1. The molecular formula is C28H40F2N8O2. The molecule has 0 spiro atoms. The molecule has 2 aliphatic heterocycles. The van der Waals surface area contributed by atoms with E-state index in [2.05, 4.69) is 27.3 Å². The molecule has 2 fully saturated rings. The van der Waals surface area contributed by atoms with Crippen molar-refractivity contribution < 1.29 is 18.6 Å². The number of fused-ring (bicyclic) bond motifs is 1. The number of benzene rings is 1. The van der Waals surface area contributed by atoms with Crippen molar-refractivity contribution in [3.63, 3.8) is 0 Å². The van der Waals surface area contributed by atoms with Gasteiger partial charge in [-0.2, -0.15) is 10.1 Å². The highest BCUT2D eigenvalue weighted by molar-refractivity contribution is 5.86. The maximum Gasteiger partial charge on any atom is 0.222 e. The van der Waals surface area contributed by atoms with E-state index in [0.29, 0.717) is 47.7 Å². The Hall–Kier alpha value is -3.09. The van der Waals surface area contributed by atoms with Gasteiger partial charge in [0.15, 0.2) is 11.3 Å². The molecule has 4 N–H and O–H groups in total. The highest BCUT2D eigenvalue weighted by Gasteiger charge is 2.25. The van der Waals surface area contributed by atoms with E-state index >= 15 is 8.78 Å². The van der Waals surface area contributed by atoms with E-state index in [-0.39, 0.29) is 24.7 Å². The van der Waals surface area contributed by atoms with Crippen molar-refractivity contribution in [3.05, 3.63) is 35.5 Å². The van der Waals surface area contributed by atoms with E-state index in [0.717, 1.165) is 64.8 Å². The Labute approximate surface area is 233 Å². The van der Waals surface area contributed by atoms with Gasteiger partial charge in [0.2, 0.25) is 5.95 Å². The summed E-state index contributed by atoms with van der Waals surface area (Å²) in [5.41, 5.74) is 7.41. The summed E-state index contributed by atoms with van der Waals surface area (Å²) in [6.07, 6.45) is 7.54. The number of ether oxygens (including phenoxy) is 1. The van der Waals surface area contributed by atoms with Crippen LogP contribution in [0.4, 0.5) is 26.2 Å². The number of unbranched alkanes of at least 4 members (excludes halogenated alkanes) is 1. The smallest absolute Gasteiger partial charge is 0.222 e. The average molecular weight is 559 g/mol. The second kappa shape index (κ2) is 13.0. The Kier molecular flexibility index (Phi) is 9.28. The van der Waals surface area contributed by atoms with Crippen LogP contribution in [0.5, 0.6) is 0 Å². The van der Waals surface area contributed by atoms with E-state index in [9.17, 15) is 5.11 Å². The average Bonchev–Trinajstić information content (AvgIpc) is 3.36. The van der Waals surface area contributed by atoms with Gasteiger partial charge in [-0.1, -0.05) is 13.3 Å². The number of piperidine rings is 1. The molecule has 10 nitrogen and oxygen atoms in total. The zero-order valence-corrected chi connectivity index (χ0v) is 23.2. The molecule has 3 aromatic rings. The second-order valence-electron chi connectivity index (χ2n) is 10.8. The highest BCUT2D eigenvalue weighted by Crippen LogP contribution is 2.28. The van der Waals surface area contributed by atoms with Crippen LogP contribution in [0.2, 0.25) is 0 Å². The van der Waals surface area contributed by atoms with E-state index < -0.39 is 11.6 Å². The predicted octanol–water partition coefficient (Wildman–Crippen LogP) is 3.07. The van der Waals surface area contributed by atoms with Crippen molar-refractivity contribution in [2.75, 3.05) is 61.5 Å². The fraction of sp³-hybridized carbons (Fsp3) is 0.607. The van der Waals surface area contributed by atoms with Crippen molar-refractivity contribution in [3.8, 4) is 0 Å². The molecule has 0 bridgehead atoms. The third kappa shape index (κ3) is 6.61. The van der Waals surface area contributed by atoms with Gasteiger partial charge in [0.1, 0.15) is 17.2 Å². The molecule has 218 valence electrons. The topological polar surface area (TPSA) is 118 Å². The summed E-state index contributed by atoms with van der Waals surface area (Å²) in [5.74, 6) is -0.627. The van der Waals surface area contributed by atoms with Crippen molar-refractivity contribution in [2.24, 2.45) is 0 Å². The van der Waals surface area contributed by atoms with Gasteiger partial charge >= 0.3 is 0 Å². The minimum Gasteiger partial charge on any atom is -0.395 e. The quantitative estimate of drug-likeness (QED) is 0.326.